The number of ether oxygens (including phenoxy) is 1. The van der Waals surface area contributed by atoms with Gasteiger partial charge in [0.1, 0.15) is 17.6 Å². The fourth-order valence-corrected chi connectivity index (χ4v) is 2.70. The van der Waals surface area contributed by atoms with Crippen LogP contribution < -0.4 is 10.1 Å². The largest absolute Gasteiger partial charge is 0.484 e. The third-order valence-corrected chi connectivity index (χ3v) is 4.33. The van der Waals surface area contributed by atoms with Crippen LogP contribution in [0.15, 0.2) is 48.5 Å². The molecule has 0 heterocycles. The van der Waals surface area contributed by atoms with E-state index in [1.807, 2.05) is 32.0 Å². The van der Waals surface area contributed by atoms with Gasteiger partial charge in [0.15, 0.2) is 6.61 Å². The maximum absolute atomic E-state index is 13.2. The summed E-state index contributed by atoms with van der Waals surface area (Å²) in [5, 5.41) is 2.81. The van der Waals surface area contributed by atoms with Crippen molar-refractivity contribution in [1.82, 2.24) is 10.2 Å². The molecule has 1 atom stereocenters. The lowest BCUT2D eigenvalue weighted by Gasteiger charge is -2.28. The Kier molecular flexibility index (Phi) is 7.99. The number of benzene rings is 2. The molecule has 0 radical (unpaired) electrons. The summed E-state index contributed by atoms with van der Waals surface area (Å²) < 4.78 is 18.8. The van der Waals surface area contributed by atoms with Crippen LogP contribution in [0, 0.1) is 12.7 Å². The van der Waals surface area contributed by atoms with Gasteiger partial charge in [-0.1, -0.05) is 31.2 Å². The third kappa shape index (κ3) is 6.37. The molecule has 150 valence electrons. The van der Waals surface area contributed by atoms with Crippen molar-refractivity contribution < 1.29 is 18.7 Å². The topological polar surface area (TPSA) is 58.6 Å². The zero-order valence-corrected chi connectivity index (χ0v) is 16.6. The molecule has 0 aliphatic carbocycles. The Morgan fingerprint density at radius 2 is 1.89 bits per heavy atom. The molecule has 0 saturated heterocycles. The van der Waals surface area contributed by atoms with Crippen LogP contribution in [-0.4, -0.2) is 35.9 Å². The maximum Gasteiger partial charge on any atom is 0.261 e. The summed E-state index contributed by atoms with van der Waals surface area (Å²) in [6.45, 7) is 6.13. The first-order valence-electron chi connectivity index (χ1n) is 9.41. The Morgan fingerprint density at radius 3 is 2.54 bits per heavy atom. The Labute approximate surface area is 165 Å². The van der Waals surface area contributed by atoms with E-state index in [0.717, 1.165) is 17.5 Å². The van der Waals surface area contributed by atoms with Crippen molar-refractivity contribution in [2.75, 3.05) is 13.2 Å². The van der Waals surface area contributed by atoms with Crippen LogP contribution in [0.4, 0.5) is 4.39 Å². The lowest BCUT2D eigenvalue weighted by Crippen LogP contribution is -2.49. The molecule has 0 bridgehead atoms. The number of carbonyl (C=O) groups excluding carboxylic acids is 2. The first-order valence-corrected chi connectivity index (χ1v) is 9.41. The van der Waals surface area contributed by atoms with Crippen molar-refractivity contribution in [3.05, 3.63) is 65.5 Å². The van der Waals surface area contributed by atoms with Crippen molar-refractivity contribution in [3.63, 3.8) is 0 Å². The van der Waals surface area contributed by atoms with Crippen molar-refractivity contribution >= 4 is 11.8 Å². The zero-order chi connectivity index (χ0) is 20.5. The van der Waals surface area contributed by atoms with Gasteiger partial charge in [-0.2, -0.15) is 0 Å². The molecule has 6 heteroatoms. The Balaban J connectivity index is 2.11. The highest BCUT2D eigenvalue weighted by Gasteiger charge is 2.26. The smallest absolute Gasteiger partial charge is 0.261 e. The van der Waals surface area contributed by atoms with Gasteiger partial charge in [0.2, 0.25) is 5.91 Å². The molecule has 2 aromatic rings. The highest BCUT2D eigenvalue weighted by Crippen LogP contribution is 2.14. The minimum atomic E-state index is -0.676. The molecule has 2 aromatic carbocycles. The molecule has 5 nitrogen and oxygen atoms in total. The van der Waals surface area contributed by atoms with E-state index in [1.54, 1.807) is 25.1 Å². The fraction of sp³-hybridized carbons (Fsp3) is 0.364. The third-order valence-electron chi connectivity index (χ3n) is 4.33. The van der Waals surface area contributed by atoms with E-state index in [4.69, 9.17) is 4.74 Å². The number of aryl methyl sites for hydroxylation is 1. The van der Waals surface area contributed by atoms with Crippen molar-refractivity contribution in [2.45, 2.75) is 39.8 Å². The minimum Gasteiger partial charge on any atom is -0.484 e. The van der Waals surface area contributed by atoms with Gasteiger partial charge in [0, 0.05) is 13.1 Å². The molecule has 0 aromatic heterocycles. The highest BCUT2D eigenvalue weighted by molar-refractivity contribution is 5.87. The molecule has 0 saturated carbocycles. The van der Waals surface area contributed by atoms with Gasteiger partial charge in [-0.25, -0.2) is 4.39 Å². The summed E-state index contributed by atoms with van der Waals surface area (Å²) in [5.41, 5.74) is 1.76. The molecule has 0 aliphatic heterocycles. The summed E-state index contributed by atoms with van der Waals surface area (Å²) >= 11 is 0. The molecule has 2 rings (SSSR count). The zero-order valence-electron chi connectivity index (χ0n) is 16.6. The average molecular weight is 386 g/mol. The SMILES string of the molecule is CCCNC(=O)[C@@H](C)N(Cc1ccc(F)cc1)C(=O)COc1cccc(C)c1. The second-order valence-corrected chi connectivity index (χ2v) is 6.72. The van der Waals surface area contributed by atoms with Gasteiger partial charge < -0.3 is 15.0 Å². The molecule has 0 fully saturated rings. The van der Waals surface area contributed by atoms with E-state index in [1.165, 1.54) is 17.0 Å². The monoisotopic (exact) mass is 386 g/mol. The van der Waals surface area contributed by atoms with Crippen LogP contribution in [0.1, 0.15) is 31.4 Å². The van der Waals surface area contributed by atoms with Crippen LogP contribution in [0.3, 0.4) is 0 Å². The van der Waals surface area contributed by atoms with Gasteiger partial charge in [-0.3, -0.25) is 9.59 Å². The quantitative estimate of drug-likeness (QED) is 0.718. The molecule has 28 heavy (non-hydrogen) atoms. The first-order chi connectivity index (χ1) is 13.4. The van der Waals surface area contributed by atoms with Crippen LogP contribution >= 0.6 is 0 Å². The second kappa shape index (κ2) is 10.4. The molecule has 1 N–H and O–H groups in total. The number of rotatable bonds is 9. The predicted molar refractivity (Wildman–Crippen MR) is 106 cm³/mol. The van der Waals surface area contributed by atoms with E-state index < -0.39 is 6.04 Å². The van der Waals surface area contributed by atoms with E-state index in [0.29, 0.717) is 12.3 Å². The Bertz CT molecular complexity index is 793. The summed E-state index contributed by atoms with van der Waals surface area (Å²) in [6.07, 6.45) is 0.806. The average Bonchev–Trinajstić information content (AvgIpc) is 2.69. The second-order valence-electron chi connectivity index (χ2n) is 6.72. The first kappa shape index (κ1) is 21.4. The van der Waals surface area contributed by atoms with Gasteiger partial charge in [0.05, 0.1) is 0 Å². The Morgan fingerprint density at radius 1 is 1.18 bits per heavy atom. The normalized spacial score (nSPS) is 11.6. The molecule has 0 spiro atoms. The summed E-state index contributed by atoms with van der Waals surface area (Å²) in [7, 11) is 0. The van der Waals surface area contributed by atoms with Gasteiger partial charge in [-0.05, 0) is 55.7 Å². The van der Waals surface area contributed by atoms with Crippen LogP contribution in [0.25, 0.3) is 0 Å². The minimum absolute atomic E-state index is 0.184. The van der Waals surface area contributed by atoms with Gasteiger partial charge in [0.25, 0.3) is 5.91 Å². The number of nitrogens with one attached hydrogen (secondary N) is 1. The molecule has 0 aliphatic rings. The maximum atomic E-state index is 13.2. The molecular weight excluding hydrogens is 359 g/mol. The van der Waals surface area contributed by atoms with Crippen molar-refractivity contribution in [1.29, 1.82) is 0 Å². The molecule has 2 amide bonds. The van der Waals surface area contributed by atoms with Crippen LogP contribution in [-0.2, 0) is 16.1 Å². The van der Waals surface area contributed by atoms with E-state index in [9.17, 15) is 14.0 Å². The number of halogens is 1. The standard InChI is InChI=1S/C22H27FN2O3/c1-4-12-24-22(27)17(3)25(14-18-8-10-19(23)11-9-18)21(26)15-28-20-7-5-6-16(2)13-20/h5-11,13,17H,4,12,14-15H2,1-3H3,(H,24,27)/t17-/m1/s1. The molecular formula is C22H27FN2O3. The van der Waals surface area contributed by atoms with E-state index >= 15 is 0 Å². The number of amides is 2. The van der Waals surface area contributed by atoms with E-state index in [-0.39, 0.29) is 30.8 Å². The highest BCUT2D eigenvalue weighted by atomic mass is 19.1. The van der Waals surface area contributed by atoms with E-state index in [2.05, 4.69) is 5.32 Å². The van der Waals surface area contributed by atoms with Crippen molar-refractivity contribution in [3.8, 4) is 5.75 Å². The lowest BCUT2D eigenvalue weighted by molar-refractivity contribution is -0.142. The van der Waals surface area contributed by atoms with Crippen LogP contribution in [0.2, 0.25) is 0 Å². The van der Waals surface area contributed by atoms with Crippen molar-refractivity contribution in [2.24, 2.45) is 0 Å². The lowest BCUT2D eigenvalue weighted by atomic mass is 10.1. The van der Waals surface area contributed by atoms with Crippen LogP contribution in [0.5, 0.6) is 5.75 Å². The number of nitrogens with zero attached hydrogens (tertiary/aromatic N) is 1. The molecule has 0 unspecified atom stereocenters. The van der Waals surface area contributed by atoms with Gasteiger partial charge in [-0.15, -0.1) is 0 Å². The summed E-state index contributed by atoms with van der Waals surface area (Å²) in [5.74, 6) is -0.297. The fourth-order valence-electron chi connectivity index (χ4n) is 2.70. The summed E-state index contributed by atoms with van der Waals surface area (Å²) in [4.78, 5) is 26.7. The number of carbonyl (C=O) groups is 2. The Hall–Kier alpha value is -2.89. The predicted octanol–water partition coefficient (Wildman–Crippen LogP) is 3.46. The summed E-state index contributed by atoms with van der Waals surface area (Å²) in [6, 6.07) is 12.6. The number of hydrogen-bond donors (Lipinski definition) is 1. The number of hydrogen-bond acceptors (Lipinski definition) is 3. The van der Waals surface area contributed by atoms with Gasteiger partial charge >= 0.3 is 0 Å².